The van der Waals surface area contributed by atoms with E-state index in [4.69, 9.17) is 0 Å². The number of aromatic nitrogens is 2. The zero-order valence-corrected chi connectivity index (χ0v) is 17.4. The predicted molar refractivity (Wildman–Crippen MR) is 113 cm³/mol. The second-order valence-electron chi connectivity index (χ2n) is 6.63. The Morgan fingerprint density at radius 1 is 1.04 bits per heavy atom. The maximum atomic E-state index is 12.6. The monoisotopic (exact) mass is 405 g/mol. The van der Waals surface area contributed by atoms with Crippen LogP contribution in [0.3, 0.4) is 0 Å². The van der Waals surface area contributed by atoms with Crippen molar-refractivity contribution in [2.45, 2.75) is 26.4 Å². The highest BCUT2D eigenvalue weighted by atomic mass is 32.2. The summed E-state index contributed by atoms with van der Waals surface area (Å²) in [5, 5.41) is 1.02. The quantitative estimate of drug-likeness (QED) is 0.609. The number of benzene rings is 2. The van der Waals surface area contributed by atoms with Crippen molar-refractivity contribution >= 4 is 35.6 Å². The summed E-state index contributed by atoms with van der Waals surface area (Å²) in [6, 6.07) is 13.5. The van der Waals surface area contributed by atoms with Crippen LogP contribution < -0.4 is 15.7 Å². The van der Waals surface area contributed by atoms with Crippen LogP contribution in [0.5, 0.6) is 0 Å². The Hall–Kier alpha value is -1.95. The topological polar surface area (TPSA) is 73.1 Å². The van der Waals surface area contributed by atoms with Crippen LogP contribution in [-0.4, -0.2) is 23.3 Å². The lowest BCUT2D eigenvalue weighted by Crippen LogP contribution is -2.25. The van der Waals surface area contributed by atoms with Crippen LogP contribution in [-0.2, 0) is 30.2 Å². The molecule has 1 atom stereocenters. The van der Waals surface area contributed by atoms with Gasteiger partial charge < -0.3 is 0 Å². The molecule has 1 aromatic heterocycles. The number of hydrogen-bond donors (Lipinski definition) is 1. The van der Waals surface area contributed by atoms with E-state index in [1.54, 1.807) is 16.2 Å². The Morgan fingerprint density at radius 2 is 1.70 bits per heavy atom. The van der Waals surface area contributed by atoms with Gasteiger partial charge in [0.25, 0.3) is 0 Å². The van der Waals surface area contributed by atoms with Gasteiger partial charge in [0.2, 0.25) is 10.0 Å². The molecule has 0 saturated heterocycles. The second kappa shape index (κ2) is 7.97. The Bertz CT molecular complexity index is 1120. The first-order valence-electron chi connectivity index (χ1n) is 8.80. The lowest BCUT2D eigenvalue weighted by Gasteiger charge is -2.08. The van der Waals surface area contributed by atoms with Crippen LogP contribution >= 0.6 is 9.24 Å². The van der Waals surface area contributed by atoms with Crippen LogP contribution in [0.1, 0.15) is 24.5 Å². The average Bonchev–Trinajstić information content (AvgIpc) is 2.85. The Balaban J connectivity index is 1.80. The molecule has 6 nitrogen and oxygen atoms in total. The van der Waals surface area contributed by atoms with E-state index in [2.05, 4.69) is 14.0 Å². The molecule has 2 aromatic carbocycles. The highest BCUT2D eigenvalue weighted by Gasteiger charge is 2.12. The number of aryl methyl sites for hydroxylation is 1. The summed E-state index contributed by atoms with van der Waals surface area (Å²) in [6.45, 7) is 2.57. The van der Waals surface area contributed by atoms with Gasteiger partial charge in [0.05, 0.1) is 23.3 Å². The van der Waals surface area contributed by atoms with Crippen molar-refractivity contribution in [1.82, 2.24) is 13.9 Å². The molecule has 27 heavy (non-hydrogen) atoms. The lowest BCUT2D eigenvalue weighted by molar-refractivity contribution is 0.580. The number of fused-ring (bicyclic) bond motifs is 1. The molecule has 0 aliphatic carbocycles. The number of imidazole rings is 1. The third-order valence-corrected chi connectivity index (χ3v) is 6.39. The SMILES string of the molecule is CCCS(=O)(=O)NCc1ccc(Cn2c(=O)n(C)c3ccc(P)cc32)cc1. The van der Waals surface area contributed by atoms with Gasteiger partial charge in [0.15, 0.2) is 0 Å². The molecular formula is C19H24N3O3PS. The van der Waals surface area contributed by atoms with E-state index in [1.807, 2.05) is 49.4 Å². The summed E-state index contributed by atoms with van der Waals surface area (Å²) in [5.74, 6) is 0.132. The first-order valence-corrected chi connectivity index (χ1v) is 11.0. The predicted octanol–water partition coefficient (Wildman–Crippen LogP) is 1.72. The van der Waals surface area contributed by atoms with Crippen LogP contribution in [0, 0.1) is 0 Å². The van der Waals surface area contributed by atoms with E-state index in [1.165, 1.54) is 0 Å². The summed E-state index contributed by atoms with van der Waals surface area (Å²) < 4.78 is 29.5. The molecule has 1 heterocycles. The molecule has 1 unspecified atom stereocenters. The fourth-order valence-electron chi connectivity index (χ4n) is 3.06. The molecule has 0 saturated carbocycles. The van der Waals surface area contributed by atoms with Gasteiger partial charge in [-0.25, -0.2) is 17.9 Å². The molecule has 0 bridgehead atoms. The standard InChI is InChI=1S/C19H24N3O3PS/c1-3-10-27(24,25)20-12-14-4-6-15(7-5-14)13-22-18-11-16(26)8-9-17(18)21(2)19(22)23/h4-9,11,20H,3,10,12-13,26H2,1-2H3. The van der Waals surface area contributed by atoms with Crippen molar-refractivity contribution in [3.05, 3.63) is 64.1 Å². The second-order valence-corrected chi connectivity index (χ2v) is 9.23. The van der Waals surface area contributed by atoms with Crippen molar-refractivity contribution in [3.8, 4) is 0 Å². The van der Waals surface area contributed by atoms with Gasteiger partial charge in [-0.05, 0) is 35.0 Å². The minimum absolute atomic E-state index is 0.0583. The molecule has 3 rings (SSSR count). The maximum Gasteiger partial charge on any atom is 0.329 e. The van der Waals surface area contributed by atoms with E-state index in [9.17, 15) is 13.2 Å². The maximum absolute atomic E-state index is 12.6. The lowest BCUT2D eigenvalue weighted by atomic mass is 10.1. The molecule has 0 aliphatic heterocycles. The summed E-state index contributed by atoms with van der Waals surface area (Å²) >= 11 is 0. The zero-order valence-electron chi connectivity index (χ0n) is 15.5. The van der Waals surface area contributed by atoms with Gasteiger partial charge in [0.1, 0.15) is 0 Å². The van der Waals surface area contributed by atoms with Gasteiger partial charge in [-0.15, -0.1) is 9.24 Å². The molecule has 0 amide bonds. The largest absolute Gasteiger partial charge is 0.329 e. The Labute approximate surface area is 161 Å². The van der Waals surface area contributed by atoms with E-state index in [0.29, 0.717) is 13.0 Å². The molecule has 1 N–H and O–H groups in total. The number of nitrogens with one attached hydrogen (secondary N) is 1. The minimum atomic E-state index is -3.22. The van der Waals surface area contributed by atoms with E-state index in [0.717, 1.165) is 27.5 Å². The fourth-order valence-corrected chi connectivity index (χ4v) is 4.38. The summed E-state index contributed by atoms with van der Waals surface area (Å²) in [4.78, 5) is 12.6. The number of sulfonamides is 1. The Kier molecular flexibility index (Phi) is 5.84. The summed E-state index contributed by atoms with van der Waals surface area (Å²) in [6.07, 6.45) is 0.589. The molecule has 3 aromatic rings. The zero-order chi connectivity index (χ0) is 19.6. The number of hydrogen-bond acceptors (Lipinski definition) is 3. The highest BCUT2D eigenvalue weighted by Crippen LogP contribution is 2.14. The number of nitrogens with zero attached hydrogens (tertiary/aromatic N) is 2. The minimum Gasteiger partial charge on any atom is -0.295 e. The van der Waals surface area contributed by atoms with E-state index < -0.39 is 10.0 Å². The molecule has 0 aliphatic rings. The van der Waals surface area contributed by atoms with Crippen molar-refractivity contribution in [2.75, 3.05) is 5.75 Å². The van der Waals surface area contributed by atoms with Crippen LogP contribution in [0.2, 0.25) is 0 Å². The third-order valence-electron chi connectivity index (χ3n) is 4.50. The highest BCUT2D eigenvalue weighted by molar-refractivity contribution is 7.89. The first-order chi connectivity index (χ1) is 12.8. The summed E-state index contributed by atoms with van der Waals surface area (Å²) in [5.41, 5.74) is 3.60. The molecule has 144 valence electrons. The van der Waals surface area contributed by atoms with E-state index in [-0.39, 0.29) is 18.0 Å². The normalized spacial score (nSPS) is 12.0. The summed E-state index contributed by atoms with van der Waals surface area (Å²) in [7, 11) is 1.21. The van der Waals surface area contributed by atoms with Crippen molar-refractivity contribution in [2.24, 2.45) is 7.05 Å². The van der Waals surface area contributed by atoms with Gasteiger partial charge in [0, 0.05) is 13.6 Å². The van der Waals surface area contributed by atoms with Crippen LogP contribution in [0.25, 0.3) is 11.0 Å². The fraction of sp³-hybridized carbons (Fsp3) is 0.316. The molecule has 8 heteroatoms. The van der Waals surface area contributed by atoms with Gasteiger partial charge in [-0.1, -0.05) is 37.3 Å². The van der Waals surface area contributed by atoms with Gasteiger partial charge >= 0.3 is 5.69 Å². The van der Waals surface area contributed by atoms with Crippen molar-refractivity contribution in [1.29, 1.82) is 0 Å². The van der Waals surface area contributed by atoms with Gasteiger partial charge in [-0.3, -0.25) is 9.13 Å². The van der Waals surface area contributed by atoms with E-state index >= 15 is 0 Å². The molecule has 0 fully saturated rings. The average molecular weight is 405 g/mol. The van der Waals surface area contributed by atoms with Gasteiger partial charge in [-0.2, -0.15) is 0 Å². The Morgan fingerprint density at radius 3 is 2.37 bits per heavy atom. The number of rotatable bonds is 7. The first kappa shape index (κ1) is 19.8. The molecular weight excluding hydrogens is 381 g/mol. The smallest absolute Gasteiger partial charge is 0.295 e. The van der Waals surface area contributed by atoms with Crippen LogP contribution in [0.15, 0.2) is 47.3 Å². The van der Waals surface area contributed by atoms with Crippen LogP contribution in [0.4, 0.5) is 0 Å². The molecule has 0 radical (unpaired) electrons. The molecule has 0 spiro atoms. The van der Waals surface area contributed by atoms with Crippen molar-refractivity contribution < 1.29 is 8.42 Å². The third kappa shape index (κ3) is 4.49. The van der Waals surface area contributed by atoms with Crippen molar-refractivity contribution in [3.63, 3.8) is 0 Å².